The number of likely N-dealkylation sites (tertiary alicyclic amines) is 1. The number of sulfone groups is 1. The summed E-state index contributed by atoms with van der Waals surface area (Å²) < 4.78 is 36.2. The topological polar surface area (TPSA) is 163 Å². The minimum atomic E-state index is -3.33. The number of hydrogen-bond acceptors (Lipinski definition) is 9. The van der Waals surface area contributed by atoms with Crippen LogP contribution < -0.4 is 15.4 Å². The van der Waals surface area contributed by atoms with Crippen LogP contribution in [-0.2, 0) is 25.9 Å². The number of benzene rings is 2. The molecule has 2 amide bonds. The summed E-state index contributed by atoms with van der Waals surface area (Å²) in [6, 6.07) is 11.1. The number of rotatable bonds is 4. The van der Waals surface area contributed by atoms with Gasteiger partial charge >= 0.3 is 0 Å². The zero-order valence-electron chi connectivity index (χ0n) is 24.4. The first kappa shape index (κ1) is 30.3. The maximum Gasteiger partial charge on any atom is 0.255 e. The van der Waals surface area contributed by atoms with Crippen LogP contribution in [0.3, 0.4) is 0 Å². The standard InChI is InChI=1S/C31H37N5O7S/c1-44(40,41)24-6-2-19(3-7-24)20-4-8-25-28(12-20)42-11-10-23-5-9-27(37)29(43-23)15-33-31(39)26-13-21(35-30(25)38)16-36(26)17-22-14-32-18-34-22/h2-4,6-8,12,14,18,21,23,26-27,29,37H,5,9-11,13,15-17H2,1H3,(H,32,34)(H,33,39)(H,35,38)/t21-,23-,26-,27-,29+/m0/s1. The van der Waals surface area contributed by atoms with Crippen LogP contribution in [0.25, 0.3) is 11.1 Å². The number of H-pyrrole nitrogens is 1. The number of aromatic amines is 1. The van der Waals surface area contributed by atoms with E-state index in [0.29, 0.717) is 50.1 Å². The molecule has 3 aliphatic rings. The van der Waals surface area contributed by atoms with Crippen molar-refractivity contribution in [2.75, 3.05) is 26.0 Å². The van der Waals surface area contributed by atoms with E-state index >= 15 is 0 Å². The van der Waals surface area contributed by atoms with Crippen molar-refractivity contribution in [2.24, 2.45) is 0 Å². The van der Waals surface area contributed by atoms with Crippen LogP contribution in [-0.4, -0.2) is 96.6 Å². The van der Waals surface area contributed by atoms with Gasteiger partial charge in [0, 0.05) is 50.2 Å². The number of carbonyl (C=O) groups excluding carboxylic acids is 2. The molecule has 2 fully saturated rings. The van der Waals surface area contributed by atoms with E-state index in [9.17, 15) is 23.1 Å². The van der Waals surface area contributed by atoms with Gasteiger partial charge in [0.1, 0.15) is 11.9 Å². The highest BCUT2D eigenvalue weighted by Crippen LogP contribution is 2.30. The number of aromatic nitrogens is 2. The summed E-state index contributed by atoms with van der Waals surface area (Å²) in [5.74, 6) is -0.0921. The first-order chi connectivity index (χ1) is 21.1. The van der Waals surface area contributed by atoms with E-state index in [1.165, 1.54) is 6.26 Å². The predicted molar refractivity (Wildman–Crippen MR) is 161 cm³/mol. The number of imidazole rings is 1. The van der Waals surface area contributed by atoms with Crippen molar-refractivity contribution in [3.63, 3.8) is 0 Å². The molecule has 0 spiro atoms. The van der Waals surface area contributed by atoms with Crippen molar-refractivity contribution >= 4 is 21.7 Å². The molecule has 4 heterocycles. The lowest BCUT2D eigenvalue weighted by molar-refractivity contribution is -0.133. The van der Waals surface area contributed by atoms with Gasteiger partial charge in [-0.3, -0.25) is 14.5 Å². The van der Waals surface area contributed by atoms with Crippen LogP contribution in [0.15, 0.2) is 59.9 Å². The molecule has 3 aliphatic heterocycles. The van der Waals surface area contributed by atoms with Crippen molar-refractivity contribution in [1.82, 2.24) is 25.5 Å². The molecule has 2 aromatic carbocycles. The molecule has 234 valence electrons. The first-order valence-electron chi connectivity index (χ1n) is 14.8. The predicted octanol–water partition coefficient (Wildman–Crippen LogP) is 1.66. The van der Waals surface area contributed by atoms with Crippen molar-refractivity contribution in [3.05, 3.63) is 66.2 Å². The number of aliphatic hydroxyl groups excluding tert-OH is 1. The SMILES string of the molecule is CS(=O)(=O)c1ccc(-c2ccc3c(c2)OCC[C@@H]2CC[C@H](O)[C@@H](CNC(=O)[C@@H]4C[C@@H](CN4Cc4cnc[nH]4)NC3=O)O2)cc1. The van der Waals surface area contributed by atoms with E-state index in [0.717, 1.165) is 16.8 Å². The Morgan fingerprint density at radius 1 is 1.07 bits per heavy atom. The molecule has 3 aromatic rings. The summed E-state index contributed by atoms with van der Waals surface area (Å²) in [6.45, 7) is 1.37. The van der Waals surface area contributed by atoms with Crippen molar-refractivity contribution in [1.29, 1.82) is 0 Å². The Labute approximate surface area is 256 Å². The lowest BCUT2D eigenvalue weighted by Gasteiger charge is -2.34. The third kappa shape index (κ3) is 6.80. The molecule has 5 atom stereocenters. The van der Waals surface area contributed by atoms with Gasteiger partial charge in [-0.2, -0.15) is 0 Å². The fourth-order valence-corrected chi connectivity index (χ4v) is 6.81. The average Bonchev–Trinajstić information content (AvgIpc) is 3.66. The normalized spacial score (nSPS) is 26.7. The summed E-state index contributed by atoms with van der Waals surface area (Å²) >= 11 is 0. The van der Waals surface area contributed by atoms with Gasteiger partial charge in [0.15, 0.2) is 9.84 Å². The van der Waals surface area contributed by atoms with E-state index in [1.54, 1.807) is 55.0 Å². The Morgan fingerprint density at radius 3 is 2.61 bits per heavy atom. The smallest absolute Gasteiger partial charge is 0.255 e. The molecule has 13 heteroatoms. The molecule has 0 aliphatic carbocycles. The number of amides is 2. The second-order valence-corrected chi connectivity index (χ2v) is 13.8. The zero-order valence-corrected chi connectivity index (χ0v) is 25.3. The van der Waals surface area contributed by atoms with E-state index in [1.807, 2.05) is 4.90 Å². The summed E-state index contributed by atoms with van der Waals surface area (Å²) in [5.41, 5.74) is 2.76. The van der Waals surface area contributed by atoms with Gasteiger partial charge in [-0.25, -0.2) is 13.4 Å². The van der Waals surface area contributed by atoms with Crippen molar-refractivity contribution in [2.45, 2.75) is 67.5 Å². The molecular weight excluding hydrogens is 586 g/mol. The van der Waals surface area contributed by atoms with E-state index < -0.39 is 28.1 Å². The Hall–Kier alpha value is -3.78. The summed E-state index contributed by atoms with van der Waals surface area (Å²) in [7, 11) is -3.33. The molecule has 0 radical (unpaired) electrons. The summed E-state index contributed by atoms with van der Waals surface area (Å²) in [4.78, 5) is 36.5. The number of ether oxygens (including phenoxy) is 2. The highest BCUT2D eigenvalue weighted by atomic mass is 32.2. The maximum atomic E-state index is 13.7. The fourth-order valence-electron chi connectivity index (χ4n) is 6.18. The van der Waals surface area contributed by atoms with Crippen LogP contribution >= 0.6 is 0 Å². The molecule has 1 aromatic heterocycles. The number of nitrogens with zero attached hydrogens (tertiary/aromatic N) is 2. The lowest BCUT2D eigenvalue weighted by atomic mass is 9.99. The average molecular weight is 624 g/mol. The Bertz CT molecular complexity index is 1600. The Kier molecular flexibility index (Phi) is 8.72. The van der Waals surface area contributed by atoms with Gasteiger partial charge in [-0.05, 0) is 54.7 Å². The van der Waals surface area contributed by atoms with E-state index in [4.69, 9.17) is 9.47 Å². The second-order valence-electron chi connectivity index (χ2n) is 11.8. The zero-order chi connectivity index (χ0) is 30.8. The Balaban J connectivity index is 1.29. The van der Waals surface area contributed by atoms with Gasteiger partial charge in [-0.1, -0.05) is 18.2 Å². The fraction of sp³-hybridized carbons (Fsp3) is 0.452. The molecule has 0 unspecified atom stereocenters. The Morgan fingerprint density at radius 2 is 1.86 bits per heavy atom. The molecule has 4 bridgehead atoms. The number of fused-ring (bicyclic) bond motifs is 5. The molecule has 44 heavy (non-hydrogen) atoms. The lowest BCUT2D eigenvalue weighted by Crippen LogP contribution is -2.50. The molecular formula is C31H37N5O7S. The van der Waals surface area contributed by atoms with Crippen molar-refractivity contribution in [3.8, 4) is 16.9 Å². The maximum absolute atomic E-state index is 13.7. The molecule has 4 N–H and O–H groups in total. The van der Waals surface area contributed by atoms with E-state index in [-0.39, 0.29) is 42.0 Å². The van der Waals surface area contributed by atoms with Crippen LogP contribution in [0.5, 0.6) is 5.75 Å². The largest absolute Gasteiger partial charge is 0.493 e. The number of nitrogens with one attached hydrogen (secondary N) is 3. The van der Waals surface area contributed by atoms with Crippen LogP contribution in [0.1, 0.15) is 41.7 Å². The molecule has 2 saturated heterocycles. The quantitative estimate of drug-likeness (QED) is 0.339. The highest BCUT2D eigenvalue weighted by molar-refractivity contribution is 7.90. The summed E-state index contributed by atoms with van der Waals surface area (Å²) in [5, 5.41) is 16.7. The number of aliphatic hydroxyl groups is 1. The third-order valence-electron chi connectivity index (χ3n) is 8.57. The summed E-state index contributed by atoms with van der Waals surface area (Å²) in [6.07, 6.45) is 5.22. The molecule has 6 rings (SSSR count). The van der Waals surface area contributed by atoms with Gasteiger partial charge in [-0.15, -0.1) is 0 Å². The van der Waals surface area contributed by atoms with Crippen LogP contribution in [0, 0.1) is 0 Å². The molecule has 12 nitrogen and oxygen atoms in total. The monoisotopic (exact) mass is 623 g/mol. The van der Waals surface area contributed by atoms with Gasteiger partial charge in [0.2, 0.25) is 5.91 Å². The van der Waals surface area contributed by atoms with Gasteiger partial charge in [0.25, 0.3) is 5.91 Å². The number of hydrogen-bond donors (Lipinski definition) is 4. The second kappa shape index (κ2) is 12.7. The van der Waals surface area contributed by atoms with Gasteiger partial charge < -0.3 is 30.2 Å². The highest BCUT2D eigenvalue weighted by Gasteiger charge is 2.39. The minimum Gasteiger partial charge on any atom is -0.493 e. The van der Waals surface area contributed by atoms with Crippen LogP contribution in [0.4, 0.5) is 0 Å². The first-order valence-corrected chi connectivity index (χ1v) is 16.7. The van der Waals surface area contributed by atoms with E-state index in [2.05, 4.69) is 20.6 Å². The van der Waals surface area contributed by atoms with Gasteiger partial charge in [0.05, 0.1) is 41.6 Å². The van der Waals surface area contributed by atoms with Crippen molar-refractivity contribution < 1.29 is 32.6 Å². The third-order valence-corrected chi connectivity index (χ3v) is 9.70. The number of carbonyl (C=O) groups is 2. The van der Waals surface area contributed by atoms with Crippen LogP contribution in [0.2, 0.25) is 0 Å². The minimum absolute atomic E-state index is 0.176. The molecule has 0 saturated carbocycles.